The van der Waals surface area contributed by atoms with Gasteiger partial charge in [-0.2, -0.15) is 0 Å². The Morgan fingerprint density at radius 2 is 2.08 bits per heavy atom. The minimum atomic E-state index is -0.0121. The fourth-order valence-electron chi connectivity index (χ4n) is 4.37. The SMILES string of the molecule is C=C(CC)C1=CC2=C3N(CCC2OC1=C)c1ccccc1C3(C)C. The van der Waals surface area contributed by atoms with Gasteiger partial charge in [-0.3, -0.25) is 0 Å². The van der Waals surface area contributed by atoms with E-state index < -0.39 is 0 Å². The minimum absolute atomic E-state index is 0.0121. The van der Waals surface area contributed by atoms with Crippen molar-refractivity contribution in [1.82, 2.24) is 0 Å². The summed E-state index contributed by atoms with van der Waals surface area (Å²) in [6, 6.07) is 8.77. The highest BCUT2D eigenvalue weighted by molar-refractivity contribution is 5.73. The molecule has 0 saturated heterocycles. The van der Waals surface area contributed by atoms with Crippen molar-refractivity contribution in [2.45, 2.75) is 45.1 Å². The Bertz CT molecular complexity index is 809. The van der Waals surface area contributed by atoms with Crippen molar-refractivity contribution in [3.05, 3.63) is 77.2 Å². The zero-order chi connectivity index (χ0) is 17.1. The standard InChI is InChI=1S/C22H25NO/c1-6-14(2)16-13-17-20(24-15(16)3)11-12-23-19-10-8-7-9-18(19)22(4,5)21(17)23/h7-10,13,20H,2-3,6,11-12H2,1,4-5H3. The smallest absolute Gasteiger partial charge is 0.127 e. The first kappa shape index (κ1) is 15.3. The number of para-hydroxylation sites is 1. The van der Waals surface area contributed by atoms with E-state index >= 15 is 0 Å². The number of benzene rings is 1. The Hall–Kier alpha value is -2.22. The molecule has 124 valence electrons. The van der Waals surface area contributed by atoms with Gasteiger partial charge in [-0.05, 0) is 29.7 Å². The third-order valence-electron chi connectivity index (χ3n) is 5.66. The molecular weight excluding hydrogens is 294 g/mol. The van der Waals surface area contributed by atoms with Crippen LogP contribution in [-0.2, 0) is 10.2 Å². The highest BCUT2D eigenvalue weighted by Gasteiger charge is 2.46. The van der Waals surface area contributed by atoms with Crippen molar-refractivity contribution >= 4 is 5.69 Å². The van der Waals surface area contributed by atoms with Gasteiger partial charge in [0.25, 0.3) is 0 Å². The molecule has 3 heterocycles. The van der Waals surface area contributed by atoms with Crippen molar-refractivity contribution < 1.29 is 4.74 Å². The molecule has 24 heavy (non-hydrogen) atoms. The van der Waals surface area contributed by atoms with E-state index in [0.29, 0.717) is 0 Å². The van der Waals surface area contributed by atoms with Gasteiger partial charge in [0.05, 0.1) is 0 Å². The van der Waals surface area contributed by atoms with Gasteiger partial charge >= 0.3 is 0 Å². The van der Waals surface area contributed by atoms with Crippen LogP contribution in [0, 0.1) is 0 Å². The van der Waals surface area contributed by atoms with Crippen molar-refractivity contribution in [2.75, 3.05) is 11.4 Å². The summed E-state index contributed by atoms with van der Waals surface area (Å²) in [7, 11) is 0. The maximum Gasteiger partial charge on any atom is 0.127 e. The fraction of sp³-hybridized carbons (Fsp3) is 0.364. The van der Waals surface area contributed by atoms with E-state index in [1.54, 1.807) is 0 Å². The van der Waals surface area contributed by atoms with Crippen LogP contribution in [0.5, 0.6) is 0 Å². The summed E-state index contributed by atoms with van der Waals surface area (Å²) in [5.41, 5.74) is 7.59. The summed E-state index contributed by atoms with van der Waals surface area (Å²) in [6.45, 7) is 16.1. The highest BCUT2D eigenvalue weighted by Crippen LogP contribution is 2.52. The Labute approximate surface area is 144 Å². The molecule has 0 aromatic heterocycles. The van der Waals surface area contributed by atoms with Gasteiger partial charge in [-0.15, -0.1) is 0 Å². The van der Waals surface area contributed by atoms with Crippen LogP contribution in [0.15, 0.2) is 71.7 Å². The van der Waals surface area contributed by atoms with E-state index in [-0.39, 0.29) is 11.5 Å². The molecule has 3 aliphatic rings. The van der Waals surface area contributed by atoms with Gasteiger partial charge in [0.2, 0.25) is 0 Å². The predicted octanol–water partition coefficient (Wildman–Crippen LogP) is 5.25. The normalized spacial score (nSPS) is 24.0. The zero-order valence-electron chi connectivity index (χ0n) is 14.9. The van der Waals surface area contributed by atoms with Crippen LogP contribution in [0.25, 0.3) is 0 Å². The molecular formula is C22H25NO. The molecule has 0 fully saturated rings. The Morgan fingerprint density at radius 1 is 1.33 bits per heavy atom. The number of rotatable bonds is 2. The maximum absolute atomic E-state index is 6.22. The summed E-state index contributed by atoms with van der Waals surface area (Å²) in [6.07, 6.45) is 4.31. The molecule has 4 rings (SSSR count). The molecule has 0 radical (unpaired) electrons. The van der Waals surface area contributed by atoms with Crippen molar-refractivity contribution in [2.24, 2.45) is 0 Å². The first-order valence-corrected chi connectivity index (χ1v) is 8.82. The van der Waals surface area contributed by atoms with Crippen molar-refractivity contribution in [1.29, 1.82) is 0 Å². The molecule has 1 atom stereocenters. The third-order valence-corrected chi connectivity index (χ3v) is 5.66. The topological polar surface area (TPSA) is 12.5 Å². The molecule has 3 aliphatic heterocycles. The lowest BCUT2D eigenvalue weighted by Crippen LogP contribution is -2.39. The lowest BCUT2D eigenvalue weighted by atomic mass is 9.79. The van der Waals surface area contributed by atoms with Crippen LogP contribution in [0.2, 0.25) is 0 Å². The largest absolute Gasteiger partial charge is 0.486 e. The van der Waals surface area contributed by atoms with Crippen LogP contribution >= 0.6 is 0 Å². The summed E-state index contributed by atoms with van der Waals surface area (Å²) >= 11 is 0. The molecule has 0 amide bonds. The second kappa shape index (κ2) is 5.14. The number of anilines is 1. The van der Waals surface area contributed by atoms with E-state index in [2.05, 4.69) is 69.2 Å². The molecule has 0 spiro atoms. The highest BCUT2D eigenvalue weighted by atomic mass is 16.5. The average Bonchev–Trinajstić information content (AvgIpc) is 2.82. The Balaban J connectivity index is 1.94. The van der Waals surface area contributed by atoms with E-state index in [9.17, 15) is 0 Å². The van der Waals surface area contributed by atoms with Crippen LogP contribution in [0.4, 0.5) is 5.69 Å². The zero-order valence-corrected chi connectivity index (χ0v) is 14.9. The minimum Gasteiger partial charge on any atom is -0.486 e. The summed E-state index contributed by atoms with van der Waals surface area (Å²) in [4.78, 5) is 2.49. The molecule has 0 saturated carbocycles. The van der Waals surface area contributed by atoms with Gasteiger partial charge in [0, 0.05) is 40.9 Å². The van der Waals surface area contributed by atoms with Crippen LogP contribution in [0.3, 0.4) is 0 Å². The number of ether oxygens (including phenoxy) is 1. The quantitative estimate of drug-likeness (QED) is 0.738. The molecule has 0 aliphatic carbocycles. The molecule has 1 aromatic rings. The van der Waals surface area contributed by atoms with Crippen molar-refractivity contribution in [3.8, 4) is 0 Å². The first-order chi connectivity index (χ1) is 11.4. The number of allylic oxidation sites excluding steroid dienone is 2. The van der Waals surface area contributed by atoms with Crippen LogP contribution in [0.1, 0.15) is 39.2 Å². The number of hydrogen-bond donors (Lipinski definition) is 0. The predicted molar refractivity (Wildman–Crippen MR) is 100.0 cm³/mol. The summed E-state index contributed by atoms with van der Waals surface area (Å²) in [5, 5.41) is 0. The van der Waals surface area contributed by atoms with Crippen molar-refractivity contribution in [3.63, 3.8) is 0 Å². The second-order valence-corrected chi connectivity index (χ2v) is 7.43. The number of nitrogens with zero attached hydrogens (tertiary/aromatic N) is 1. The van der Waals surface area contributed by atoms with E-state index in [1.165, 1.54) is 22.5 Å². The maximum atomic E-state index is 6.22. The van der Waals surface area contributed by atoms with Gasteiger partial charge in [0.1, 0.15) is 11.9 Å². The molecule has 2 nitrogen and oxygen atoms in total. The van der Waals surface area contributed by atoms with E-state index in [0.717, 1.165) is 36.3 Å². The Morgan fingerprint density at radius 3 is 2.83 bits per heavy atom. The molecule has 0 N–H and O–H groups in total. The first-order valence-electron chi connectivity index (χ1n) is 8.82. The average molecular weight is 319 g/mol. The summed E-state index contributed by atoms with van der Waals surface area (Å²) < 4.78 is 6.22. The van der Waals surface area contributed by atoms with Crippen LogP contribution < -0.4 is 4.90 Å². The van der Waals surface area contributed by atoms with E-state index in [4.69, 9.17) is 4.74 Å². The van der Waals surface area contributed by atoms with E-state index in [1.807, 2.05) is 0 Å². The second-order valence-electron chi connectivity index (χ2n) is 7.43. The lowest BCUT2D eigenvalue weighted by Gasteiger charge is -2.40. The van der Waals surface area contributed by atoms with Gasteiger partial charge in [0.15, 0.2) is 0 Å². The molecule has 1 unspecified atom stereocenters. The van der Waals surface area contributed by atoms with Gasteiger partial charge < -0.3 is 9.64 Å². The van der Waals surface area contributed by atoms with Gasteiger partial charge in [-0.25, -0.2) is 0 Å². The van der Waals surface area contributed by atoms with Crippen LogP contribution in [-0.4, -0.2) is 12.6 Å². The van der Waals surface area contributed by atoms with Gasteiger partial charge in [-0.1, -0.05) is 52.1 Å². The summed E-state index contributed by atoms with van der Waals surface area (Å²) in [5.74, 6) is 0.776. The fourth-order valence-corrected chi connectivity index (χ4v) is 4.37. The third kappa shape index (κ3) is 1.95. The molecule has 1 aromatic carbocycles. The Kier molecular flexibility index (Phi) is 3.28. The lowest BCUT2D eigenvalue weighted by molar-refractivity contribution is 0.137. The molecule has 2 heteroatoms. The monoisotopic (exact) mass is 319 g/mol. The molecule has 0 bridgehead atoms. The number of fused-ring (bicyclic) bond motifs is 4. The number of hydrogen-bond acceptors (Lipinski definition) is 2.